The van der Waals surface area contributed by atoms with E-state index in [1.54, 1.807) is 24.3 Å². The van der Waals surface area contributed by atoms with Gasteiger partial charge in [0.1, 0.15) is 0 Å². The van der Waals surface area contributed by atoms with Gasteiger partial charge in [-0.3, -0.25) is 19.8 Å². The molecule has 0 radical (unpaired) electrons. The molecule has 0 aliphatic carbocycles. The van der Waals surface area contributed by atoms with Crippen molar-refractivity contribution in [2.75, 3.05) is 0 Å². The number of esters is 2. The lowest BCUT2D eigenvalue weighted by atomic mass is 10.1. The Labute approximate surface area is 170 Å². The number of nitrogens with one attached hydrogen (secondary N) is 2. The Bertz CT molecular complexity index is 1080. The third-order valence-electron chi connectivity index (χ3n) is 4.60. The lowest BCUT2D eigenvalue weighted by Crippen LogP contribution is -2.09. The summed E-state index contributed by atoms with van der Waals surface area (Å²) in [6.45, 7) is 0. The third-order valence-corrected chi connectivity index (χ3v) is 4.60. The largest absolute Gasteiger partial charge is 0.424 e. The molecule has 2 aromatic heterocycles. The van der Waals surface area contributed by atoms with Crippen molar-refractivity contribution in [2.24, 2.45) is 0 Å². The van der Waals surface area contributed by atoms with Crippen LogP contribution in [0.4, 0.5) is 0 Å². The Morgan fingerprint density at radius 2 is 1.17 bits per heavy atom. The normalized spacial score (nSPS) is 11.1. The molecule has 0 saturated heterocycles. The molecule has 10 heteroatoms. The molecule has 2 N–H and O–H groups in total. The van der Waals surface area contributed by atoms with Gasteiger partial charge in [0.2, 0.25) is 0 Å². The SMILES string of the molecule is O=C(CCCCCCC(=O)Oc1cccc2[nH]nnc12)Oc1cccc2[nH]nnc12. The van der Waals surface area contributed by atoms with Gasteiger partial charge in [0.05, 0.1) is 11.0 Å². The predicted molar refractivity (Wildman–Crippen MR) is 107 cm³/mol. The maximum atomic E-state index is 12.0. The van der Waals surface area contributed by atoms with Crippen LogP contribution in [0.2, 0.25) is 0 Å². The minimum absolute atomic E-state index is 0.298. The highest BCUT2D eigenvalue weighted by molar-refractivity contribution is 5.85. The topological polar surface area (TPSA) is 136 Å². The number of benzene rings is 2. The van der Waals surface area contributed by atoms with Crippen molar-refractivity contribution >= 4 is 34.0 Å². The van der Waals surface area contributed by atoms with Crippen molar-refractivity contribution in [3.05, 3.63) is 36.4 Å². The van der Waals surface area contributed by atoms with E-state index in [2.05, 4.69) is 30.8 Å². The minimum Gasteiger partial charge on any atom is -0.424 e. The molecule has 4 rings (SSSR count). The fourth-order valence-electron chi connectivity index (χ4n) is 3.09. The van der Waals surface area contributed by atoms with Crippen LogP contribution in [-0.2, 0) is 9.59 Å². The van der Waals surface area contributed by atoms with E-state index in [4.69, 9.17) is 9.47 Å². The summed E-state index contributed by atoms with van der Waals surface area (Å²) in [5.74, 6) is 0.170. The Hall–Kier alpha value is -3.82. The lowest BCUT2D eigenvalue weighted by Gasteiger charge is -2.05. The molecule has 0 atom stereocenters. The molecule has 10 nitrogen and oxygen atoms in total. The lowest BCUT2D eigenvalue weighted by molar-refractivity contribution is -0.135. The summed E-state index contributed by atoms with van der Waals surface area (Å²) < 4.78 is 10.8. The quantitative estimate of drug-likeness (QED) is 0.245. The van der Waals surface area contributed by atoms with Crippen molar-refractivity contribution in [3.63, 3.8) is 0 Å². The van der Waals surface area contributed by atoms with Gasteiger partial charge < -0.3 is 9.47 Å². The Morgan fingerprint density at radius 1 is 0.700 bits per heavy atom. The summed E-state index contributed by atoms with van der Waals surface area (Å²) in [6.07, 6.45) is 3.59. The van der Waals surface area contributed by atoms with E-state index >= 15 is 0 Å². The molecule has 154 valence electrons. The van der Waals surface area contributed by atoms with Crippen molar-refractivity contribution in [3.8, 4) is 11.5 Å². The van der Waals surface area contributed by atoms with Crippen LogP contribution in [0.15, 0.2) is 36.4 Å². The first-order valence-corrected chi connectivity index (χ1v) is 9.71. The average Bonchev–Trinajstić information content (AvgIpc) is 3.41. The highest BCUT2D eigenvalue weighted by Gasteiger charge is 2.12. The first-order valence-electron chi connectivity index (χ1n) is 9.71. The van der Waals surface area contributed by atoms with Crippen molar-refractivity contribution in [1.82, 2.24) is 30.8 Å². The summed E-state index contributed by atoms with van der Waals surface area (Å²) in [5.41, 5.74) is 2.50. The molecule has 0 unspecified atom stereocenters. The smallest absolute Gasteiger partial charge is 0.311 e. The summed E-state index contributed by atoms with van der Waals surface area (Å²) >= 11 is 0. The van der Waals surface area contributed by atoms with E-state index in [-0.39, 0.29) is 11.9 Å². The van der Waals surface area contributed by atoms with Gasteiger partial charge in [-0.1, -0.05) is 35.4 Å². The molecule has 2 heterocycles. The van der Waals surface area contributed by atoms with Gasteiger partial charge in [-0.25, -0.2) is 0 Å². The van der Waals surface area contributed by atoms with Crippen LogP contribution in [0.1, 0.15) is 38.5 Å². The van der Waals surface area contributed by atoms with Gasteiger partial charge in [-0.2, -0.15) is 0 Å². The number of nitrogens with zero attached hydrogens (tertiary/aromatic N) is 4. The van der Waals surface area contributed by atoms with Crippen LogP contribution in [0.3, 0.4) is 0 Å². The molecule has 0 saturated carbocycles. The zero-order chi connectivity index (χ0) is 20.8. The van der Waals surface area contributed by atoms with Crippen LogP contribution in [0.25, 0.3) is 22.1 Å². The van der Waals surface area contributed by atoms with E-state index in [9.17, 15) is 9.59 Å². The van der Waals surface area contributed by atoms with E-state index in [0.29, 0.717) is 59.2 Å². The second-order valence-corrected chi connectivity index (χ2v) is 6.79. The molecule has 0 bridgehead atoms. The second-order valence-electron chi connectivity index (χ2n) is 6.79. The molecule has 30 heavy (non-hydrogen) atoms. The summed E-state index contributed by atoms with van der Waals surface area (Å²) in [6, 6.07) is 10.5. The number of rotatable bonds is 9. The van der Waals surface area contributed by atoms with E-state index < -0.39 is 0 Å². The highest BCUT2D eigenvalue weighted by atomic mass is 16.5. The number of unbranched alkanes of at least 4 members (excludes halogenated alkanes) is 3. The zero-order valence-electron chi connectivity index (χ0n) is 16.1. The minimum atomic E-state index is -0.314. The number of hydrogen-bond donors (Lipinski definition) is 2. The predicted octanol–water partition coefficient (Wildman–Crippen LogP) is 3.08. The highest BCUT2D eigenvalue weighted by Crippen LogP contribution is 2.23. The standard InChI is InChI=1S/C20H20N6O4/c27-17(29-15-9-5-7-13-19(15)23-25-21-13)11-3-1-2-4-12-18(28)30-16-10-6-8-14-20(16)24-26-22-14/h5-10H,1-4,11-12H2,(H,21,23,25)(H,22,24,26). The van der Waals surface area contributed by atoms with Crippen molar-refractivity contribution in [2.45, 2.75) is 38.5 Å². The van der Waals surface area contributed by atoms with Crippen LogP contribution in [0, 0.1) is 0 Å². The number of carbonyl (C=O) groups is 2. The first kappa shape index (κ1) is 19.5. The van der Waals surface area contributed by atoms with E-state index in [0.717, 1.165) is 12.8 Å². The molecular formula is C20H20N6O4. The van der Waals surface area contributed by atoms with Crippen molar-refractivity contribution in [1.29, 1.82) is 0 Å². The fraction of sp³-hybridized carbons (Fsp3) is 0.300. The van der Waals surface area contributed by atoms with E-state index in [1.165, 1.54) is 0 Å². The maximum Gasteiger partial charge on any atom is 0.311 e. The molecular weight excluding hydrogens is 388 g/mol. The Kier molecular flexibility index (Phi) is 5.93. The number of H-pyrrole nitrogens is 2. The van der Waals surface area contributed by atoms with Gasteiger partial charge in [-0.05, 0) is 37.1 Å². The van der Waals surface area contributed by atoms with Crippen LogP contribution >= 0.6 is 0 Å². The molecule has 0 aliphatic heterocycles. The number of aromatic nitrogens is 6. The van der Waals surface area contributed by atoms with Gasteiger partial charge in [0, 0.05) is 12.8 Å². The molecule has 0 aliphatic rings. The van der Waals surface area contributed by atoms with Crippen LogP contribution in [-0.4, -0.2) is 42.8 Å². The molecule has 2 aromatic carbocycles. The summed E-state index contributed by atoms with van der Waals surface area (Å²) in [5, 5.41) is 20.7. The van der Waals surface area contributed by atoms with Crippen molar-refractivity contribution < 1.29 is 19.1 Å². The number of hydrogen-bond acceptors (Lipinski definition) is 8. The fourth-order valence-corrected chi connectivity index (χ4v) is 3.09. The number of fused-ring (bicyclic) bond motifs is 2. The molecule has 4 aromatic rings. The van der Waals surface area contributed by atoms with E-state index in [1.807, 2.05) is 12.1 Å². The number of aromatic amines is 2. The molecule has 0 fully saturated rings. The van der Waals surface area contributed by atoms with Crippen LogP contribution < -0.4 is 9.47 Å². The average molecular weight is 408 g/mol. The maximum absolute atomic E-state index is 12.0. The first-order chi connectivity index (χ1) is 14.7. The number of ether oxygens (including phenoxy) is 2. The zero-order valence-corrected chi connectivity index (χ0v) is 16.1. The number of carbonyl (C=O) groups excluding carboxylic acids is 2. The third kappa shape index (κ3) is 4.59. The molecule has 0 spiro atoms. The summed E-state index contributed by atoms with van der Waals surface area (Å²) in [4.78, 5) is 24.1. The second kappa shape index (κ2) is 9.12. The molecule has 0 amide bonds. The van der Waals surface area contributed by atoms with Gasteiger partial charge in [0.15, 0.2) is 22.5 Å². The van der Waals surface area contributed by atoms with Gasteiger partial charge in [0.25, 0.3) is 0 Å². The Balaban J connectivity index is 1.13. The monoisotopic (exact) mass is 408 g/mol. The van der Waals surface area contributed by atoms with Gasteiger partial charge in [-0.15, -0.1) is 10.2 Å². The Morgan fingerprint density at radius 3 is 1.63 bits per heavy atom. The van der Waals surface area contributed by atoms with Gasteiger partial charge >= 0.3 is 11.9 Å². The van der Waals surface area contributed by atoms with Crippen LogP contribution in [0.5, 0.6) is 11.5 Å². The summed E-state index contributed by atoms with van der Waals surface area (Å²) in [7, 11) is 0.